The Labute approximate surface area is 209 Å². The molecule has 0 atom stereocenters. The van der Waals surface area contributed by atoms with E-state index in [0.717, 1.165) is 13.0 Å². The molecule has 0 bridgehead atoms. The van der Waals surface area contributed by atoms with E-state index in [1.165, 1.54) is 73.1 Å². The zero-order valence-corrected chi connectivity index (χ0v) is 22.2. The molecule has 33 heavy (non-hydrogen) atoms. The number of nitrogens with one attached hydrogen (secondary N) is 1. The molecule has 0 spiro atoms. The van der Waals surface area contributed by atoms with E-state index in [-0.39, 0.29) is 34.0 Å². The molecule has 1 saturated heterocycles. The predicted molar refractivity (Wildman–Crippen MR) is 128 cm³/mol. The standard InChI is InChI=1S/C26H40IN2O4/c1-2-3-4-5-6-7-8-9-10-13-19-27-20-14-21-28-23-16-12-11-15-22(23)26(32)33-29-24(30)17-18-25(29)31/h11-12,15-16,28H,2-10,13-14,17-21H2,1H3/q-1. The number of alkyl halides is 2. The molecule has 2 amide bonds. The van der Waals surface area contributed by atoms with Crippen molar-refractivity contribution in [3.8, 4) is 0 Å². The number of halogens is 1. The van der Waals surface area contributed by atoms with E-state index in [1.54, 1.807) is 12.1 Å². The van der Waals surface area contributed by atoms with Gasteiger partial charge in [0.15, 0.2) is 0 Å². The van der Waals surface area contributed by atoms with Crippen molar-refractivity contribution in [2.24, 2.45) is 0 Å². The number of anilines is 1. The van der Waals surface area contributed by atoms with Crippen LogP contribution in [0.25, 0.3) is 0 Å². The van der Waals surface area contributed by atoms with E-state index in [1.807, 2.05) is 12.1 Å². The number of imide groups is 1. The van der Waals surface area contributed by atoms with Gasteiger partial charge in [-0.25, -0.2) is 0 Å². The van der Waals surface area contributed by atoms with Gasteiger partial charge < -0.3 is 0 Å². The average Bonchev–Trinajstić information content (AvgIpc) is 3.14. The van der Waals surface area contributed by atoms with E-state index in [0.29, 0.717) is 16.3 Å². The van der Waals surface area contributed by atoms with Crippen molar-refractivity contribution in [2.45, 2.75) is 90.4 Å². The quantitative estimate of drug-likeness (QED) is 0.127. The molecule has 2 rings (SSSR count). The molecule has 1 N–H and O–H groups in total. The van der Waals surface area contributed by atoms with Gasteiger partial charge in [0.1, 0.15) is 0 Å². The Balaban J connectivity index is 1.53. The zero-order valence-electron chi connectivity index (χ0n) is 20.1. The third-order valence-electron chi connectivity index (χ3n) is 5.71. The van der Waals surface area contributed by atoms with Crippen LogP contribution in [0.5, 0.6) is 0 Å². The van der Waals surface area contributed by atoms with Crippen LogP contribution in [0.2, 0.25) is 0 Å². The fraction of sp³-hybridized carbons (Fsp3) is 0.654. The van der Waals surface area contributed by atoms with Crippen LogP contribution in [-0.2, 0) is 14.4 Å². The van der Waals surface area contributed by atoms with E-state index >= 15 is 0 Å². The van der Waals surface area contributed by atoms with E-state index < -0.39 is 17.8 Å². The number of hydrogen-bond donors (Lipinski definition) is 1. The first-order chi connectivity index (χ1) is 16.1. The second-order valence-electron chi connectivity index (χ2n) is 8.54. The van der Waals surface area contributed by atoms with Gasteiger partial charge in [0.2, 0.25) is 0 Å². The summed E-state index contributed by atoms with van der Waals surface area (Å²) in [6.45, 7) is 3.06. The SMILES string of the molecule is CCCCCCCCCCCC[I-]CCCNc1ccccc1C(=O)ON1C(=O)CCC1=O. The maximum atomic E-state index is 12.5. The molecule has 1 aromatic rings. The molecule has 1 aliphatic heterocycles. The van der Waals surface area contributed by atoms with Gasteiger partial charge in [-0.1, -0.05) is 0 Å². The summed E-state index contributed by atoms with van der Waals surface area (Å²) in [5.41, 5.74) is 1.01. The van der Waals surface area contributed by atoms with Crippen LogP contribution >= 0.6 is 0 Å². The molecule has 0 aromatic heterocycles. The summed E-state index contributed by atoms with van der Waals surface area (Å²) in [7, 11) is 0. The molecule has 6 nitrogen and oxygen atoms in total. The first kappa shape index (κ1) is 27.6. The van der Waals surface area contributed by atoms with Crippen LogP contribution in [0.3, 0.4) is 0 Å². The van der Waals surface area contributed by atoms with Crippen molar-refractivity contribution in [1.29, 1.82) is 0 Å². The van der Waals surface area contributed by atoms with Crippen LogP contribution in [0.4, 0.5) is 5.69 Å². The topological polar surface area (TPSA) is 75.7 Å². The molecule has 1 fully saturated rings. The number of amides is 2. The Morgan fingerprint density at radius 3 is 2.12 bits per heavy atom. The number of rotatable bonds is 18. The summed E-state index contributed by atoms with van der Waals surface area (Å²) in [6.07, 6.45) is 15.2. The van der Waals surface area contributed by atoms with Crippen LogP contribution in [-0.4, -0.2) is 38.2 Å². The van der Waals surface area contributed by atoms with E-state index in [4.69, 9.17) is 4.84 Å². The molecule has 0 unspecified atom stereocenters. The van der Waals surface area contributed by atoms with E-state index in [9.17, 15) is 14.4 Å². The number of nitrogens with zero attached hydrogens (tertiary/aromatic N) is 1. The van der Waals surface area contributed by atoms with Gasteiger partial charge in [-0.3, -0.25) is 0 Å². The minimum atomic E-state index is -0.685. The molecule has 1 heterocycles. The van der Waals surface area contributed by atoms with Crippen molar-refractivity contribution < 1.29 is 40.4 Å². The number of carbonyl (C=O) groups is 3. The third-order valence-corrected chi connectivity index (χ3v) is 8.76. The number of hydrogen-bond acceptors (Lipinski definition) is 5. The van der Waals surface area contributed by atoms with Crippen molar-refractivity contribution in [3.63, 3.8) is 0 Å². The molecule has 0 aliphatic carbocycles. The molecule has 1 aromatic carbocycles. The van der Waals surface area contributed by atoms with Gasteiger partial charge in [0.25, 0.3) is 0 Å². The minimum absolute atomic E-state index is 0.0915. The van der Waals surface area contributed by atoms with Crippen molar-refractivity contribution in [3.05, 3.63) is 29.8 Å². The molecule has 7 heteroatoms. The van der Waals surface area contributed by atoms with Crippen LogP contribution in [0.1, 0.15) is 101 Å². The average molecular weight is 572 g/mol. The van der Waals surface area contributed by atoms with Gasteiger partial charge in [-0.05, 0) is 0 Å². The van der Waals surface area contributed by atoms with Crippen molar-refractivity contribution in [1.82, 2.24) is 5.06 Å². The molecule has 0 saturated carbocycles. The predicted octanol–water partition coefficient (Wildman–Crippen LogP) is 2.72. The summed E-state index contributed by atoms with van der Waals surface area (Å²) in [5.74, 6) is -1.62. The number of carbonyl (C=O) groups excluding carboxylic acids is 3. The van der Waals surface area contributed by atoms with Gasteiger partial charge in [-0.15, -0.1) is 0 Å². The summed E-state index contributed by atoms with van der Waals surface area (Å²) >= 11 is 0.251. The van der Waals surface area contributed by atoms with Gasteiger partial charge in [0.05, 0.1) is 0 Å². The fourth-order valence-electron chi connectivity index (χ4n) is 3.76. The second kappa shape index (κ2) is 16.9. The number of benzene rings is 1. The first-order valence-electron chi connectivity index (χ1n) is 12.6. The Kier molecular flexibility index (Phi) is 14.1. The summed E-state index contributed by atoms with van der Waals surface area (Å²) in [6, 6.07) is 7.06. The van der Waals surface area contributed by atoms with Crippen molar-refractivity contribution in [2.75, 3.05) is 20.7 Å². The Bertz CT molecular complexity index is 725. The summed E-state index contributed by atoms with van der Waals surface area (Å²) in [5, 5.41) is 3.91. The Hall–Kier alpha value is -1.64. The maximum absolute atomic E-state index is 12.5. The molecule has 186 valence electrons. The van der Waals surface area contributed by atoms with Crippen LogP contribution in [0, 0.1) is 0 Å². The molecule has 1 aliphatic rings. The summed E-state index contributed by atoms with van der Waals surface area (Å²) < 4.78 is 2.67. The number of para-hydroxylation sites is 1. The Morgan fingerprint density at radius 1 is 0.879 bits per heavy atom. The third kappa shape index (κ3) is 10.9. The van der Waals surface area contributed by atoms with Gasteiger partial charge >= 0.3 is 210 Å². The molecular formula is C26H40IN2O4-. The molecule has 0 radical (unpaired) electrons. The number of hydroxylamine groups is 2. The first-order valence-corrected chi connectivity index (χ1v) is 15.6. The normalized spacial score (nSPS) is 13.7. The summed E-state index contributed by atoms with van der Waals surface area (Å²) in [4.78, 5) is 40.9. The zero-order chi connectivity index (χ0) is 23.7. The molecular weight excluding hydrogens is 531 g/mol. The van der Waals surface area contributed by atoms with Crippen molar-refractivity contribution >= 4 is 23.5 Å². The van der Waals surface area contributed by atoms with Crippen LogP contribution < -0.4 is 26.5 Å². The van der Waals surface area contributed by atoms with E-state index in [2.05, 4.69) is 12.2 Å². The second-order valence-corrected chi connectivity index (χ2v) is 11.8. The van der Waals surface area contributed by atoms with Gasteiger partial charge in [-0.2, -0.15) is 0 Å². The van der Waals surface area contributed by atoms with Gasteiger partial charge in [0, 0.05) is 0 Å². The number of unbranched alkanes of at least 4 members (excludes halogenated alkanes) is 9. The monoisotopic (exact) mass is 571 g/mol. The Morgan fingerprint density at radius 2 is 1.45 bits per heavy atom. The fourth-order valence-corrected chi connectivity index (χ4v) is 6.30. The van der Waals surface area contributed by atoms with Crippen LogP contribution in [0.15, 0.2) is 24.3 Å².